The van der Waals surface area contributed by atoms with Gasteiger partial charge in [0.15, 0.2) is 0 Å². The highest BCUT2D eigenvalue weighted by Crippen LogP contribution is 2.29. The molecule has 0 aliphatic carbocycles. The number of carbonyl (C=O) groups is 1. The molecule has 2 aromatic carbocycles. The molecule has 27 heavy (non-hydrogen) atoms. The standard InChI is InChI=1S/C21H18BrClN2O2/c1-12-3-4-14(10-18(12)23)19-7-5-16(27-19)6-8-20(26)25-21-13(2)9-15(24)11-17(21)22/h3-11H,24H2,1-2H3,(H,25,26)/b8-6+. The van der Waals surface area contributed by atoms with Crippen LogP contribution < -0.4 is 11.1 Å². The van der Waals surface area contributed by atoms with Gasteiger partial charge in [-0.05, 0) is 77.3 Å². The van der Waals surface area contributed by atoms with Crippen LogP contribution in [-0.2, 0) is 4.79 Å². The van der Waals surface area contributed by atoms with E-state index in [1.807, 2.05) is 38.1 Å². The average molecular weight is 446 g/mol. The molecule has 1 heterocycles. The molecular weight excluding hydrogens is 428 g/mol. The molecule has 0 atom stereocenters. The number of nitrogens with one attached hydrogen (secondary N) is 1. The lowest BCUT2D eigenvalue weighted by Crippen LogP contribution is -2.09. The van der Waals surface area contributed by atoms with Crippen LogP contribution in [0, 0.1) is 13.8 Å². The van der Waals surface area contributed by atoms with Crippen LogP contribution >= 0.6 is 27.5 Å². The third-order valence-corrected chi connectivity index (χ3v) is 5.07. The molecule has 4 nitrogen and oxygen atoms in total. The maximum atomic E-state index is 12.2. The second kappa shape index (κ2) is 8.03. The molecule has 6 heteroatoms. The lowest BCUT2D eigenvalue weighted by atomic mass is 10.1. The number of nitrogen functional groups attached to an aromatic ring is 1. The van der Waals surface area contributed by atoms with Crippen molar-refractivity contribution in [3.63, 3.8) is 0 Å². The minimum atomic E-state index is -0.264. The normalized spacial score (nSPS) is 11.1. The van der Waals surface area contributed by atoms with Gasteiger partial charge in [0.25, 0.3) is 0 Å². The molecule has 0 radical (unpaired) electrons. The molecule has 1 amide bonds. The zero-order chi connectivity index (χ0) is 19.6. The Morgan fingerprint density at radius 2 is 1.93 bits per heavy atom. The third-order valence-electron chi connectivity index (χ3n) is 4.04. The summed E-state index contributed by atoms with van der Waals surface area (Å²) in [7, 11) is 0. The molecule has 0 aliphatic heterocycles. The van der Waals surface area contributed by atoms with Crippen molar-refractivity contribution in [3.8, 4) is 11.3 Å². The summed E-state index contributed by atoms with van der Waals surface area (Å²) in [6.07, 6.45) is 3.04. The van der Waals surface area contributed by atoms with Crippen molar-refractivity contribution < 1.29 is 9.21 Å². The van der Waals surface area contributed by atoms with Gasteiger partial charge in [-0.1, -0.05) is 23.7 Å². The predicted octanol–water partition coefficient (Wildman–Crippen LogP) is 6.21. The average Bonchev–Trinajstić information content (AvgIpc) is 3.07. The lowest BCUT2D eigenvalue weighted by Gasteiger charge is -2.10. The number of anilines is 2. The third kappa shape index (κ3) is 4.62. The summed E-state index contributed by atoms with van der Waals surface area (Å²) in [5, 5.41) is 3.53. The van der Waals surface area contributed by atoms with Crippen LogP contribution in [0.3, 0.4) is 0 Å². The molecule has 3 aromatic rings. The van der Waals surface area contributed by atoms with Gasteiger partial charge in [0.2, 0.25) is 5.91 Å². The first-order valence-corrected chi connectivity index (χ1v) is 9.41. The van der Waals surface area contributed by atoms with Crippen LogP contribution in [0.1, 0.15) is 16.9 Å². The topological polar surface area (TPSA) is 68.3 Å². The molecule has 138 valence electrons. The van der Waals surface area contributed by atoms with E-state index in [1.165, 1.54) is 6.08 Å². The molecule has 0 saturated heterocycles. The smallest absolute Gasteiger partial charge is 0.248 e. The van der Waals surface area contributed by atoms with E-state index in [4.69, 9.17) is 21.8 Å². The Hall–Kier alpha value is -2.50. The van der Waals surface area contributed by atoms with E-state index in [2.05, 4.69) is 21.2 Å². The van der Waals surface area contributed by atoms with E-state index in [-0.39, 0.29) is 5.91 Å². The van der Waals surface area contributed by atoms with Crippen LogP contribution in [-0.4, -0.2) is 5.91 Å². The van der Waals surface area contributed by atoms with Crippen molar-refractivity contribution in [2.45, 2.75) is 13.8 Å². The summed E-state index contributed by atoms with van der Waals surface area (Å²) in [6.45, 7) is 3.83. The number of furan rings is 1. The minimum absolute atomic E-state index is 0.264. The lowest BCUT2D eigenvalue weighted by molar-refractivity contribution is -0.111. The van der Waals surface area contributed by atoms with Gasteiger partial charge in [0.05, 0.1) is 5.69 Å². The predicted molar refractivity (Wildman–Crippen MR) is 115 cm³/mol. The Bertz CT molecular complexity index is 1020. The quantitative estimate of drug-likeness (QED) is 0.370. The summed E-state index contributed by atoms with van der Waals surface area (Å²) in [5.41, 5.74) is 9.87. The number of carbonyl (C=O) groups excluding carboxylic acids is 1. The van der Waals surface area contributed by atoms with Gasteiger partial charge < -0.3 is 15.5 Å². The SMILES string of the molecule is Cc1ccc(-c2ccc(/C=C/C(=O)Nc3c(C)cc(N)cc3Br)o2)cc1Cl. The Morgan fingerprint density at radius 1 is 1.15 bits per heavy atom. The second-order valence-corrected chi connectivity index (χ2v) is 7.44. The van der Waals surface area contributed by atoms with Crippen LogP contribution in [0.5, 0.6) is 0 Å². The van der Waals surface area contributed by atoms with Gasteiger partial charge in [-0.3, -0.25) is 4.79 Å². The van der Waals surface area contributed by atoms with E-state index in [1.54, 1.807) is 24.3 Å². The fourth-order valence-electron chi connectivity index (χ4n) is 2.60. The second-order valence-electron chi connectivity index (χ2n) is 6.18. The van der Waals surface area contributed by atoms with Gasteiger partial charge in [-0.2, -0.15) is 0 Å². The van der Waals surface area contributed by atoms with Crippen molar-refractivity contribution in [1.29, 1.82) is 0 Å². The highest BCUT2D eigenvalue weighted by molar-refractivity contribution is 9.10. The van der Waals surface area contributed by atoms with Crippen molar-refractivity contribution >= 4 is 50.9 Å². The molecule has 3 rings (SSSR count). The summed E-state index contributed by atoms with van der Waals surface area (Å²) in [5.74, 6) is 0.999. The Morgan fingerprint density at radius 3 is 2.63 bits per heavy atom. The van der Waals surface area contributed by atoms with E-state index >= 15 is 0 Å². The summed E-state index contributed by atoms with van der Waals surface area (Å²) in [4.78, 5) is 12.2. The van der Waals surface area contributed by atoms with Gasteiger partial charge in [0.1, 0.15) is 11.5 Å². The molecular formula is C21H18BrClN2O2. The summed E-state index contributed by atoms with van der Waals surface area (Å²) < 4.78 is 6.51. The van der Waals surface area contributed by atoms with Crippen molar-refractivity contribution in [3.05, 3.63) is 74.9 Å². The number of aryl methyl sites for hydroxylation is 2. The van der Waals surface area contributed by atoms with Gasteiger partial charge in [0, 0.05) is 26.8 Å². The highest BCUT2D eigenvalue weighted by atomic mass is 79.9. The molecule has 1 aromatic heterocycles. The van der Waals surface area contributed by atoms with Crippen LogP contribution in [0.15, 0.2) is 57.4 Å². The van der Waals surface area contributed by atoms with Crippen LogP contribution in [0.25, 0.3) is 17.4 Å². The van der Waals surface area contributed by atoms with Crippen molar-refractivity contribution in [2.24, 2.45) is 0 Å². The molecule has 0 aliphatic rings. The molecule has 0 bridgehead atoms. The van der Waals surface area contributed by atoms with E-state index in [0.29, 0.717) is 27.9 Å². The molecule has 0 unspecified atom stereocenters. The first-order valence-electron chi connectivity index (χ1n) is 8.24. The van der Waals surface area contributed by atoms with E-state index in [9.17, 15) is 4.79 Å². The molecule has 3 N–H and O–H groups in total. The number of halogens is 2. The maximum absolute atomic E-state index is 12.2. The Kier molecular flexibility index (Phi) is 5.73. The first kappa shape index (κ1) is 19.3. The monoisotopic (exact) mass is 444 g/mol. The zero-order valence-corrected chi connectivity index (χ0v) is 17.2. The molecule has 0 saturated carbocycles. The van der Waals surface area contributed by atoms with Gasteiger partial charge in [-0.25, -0.2) is 0 Å². The number of hydrogen-bond donors (Lipinski definition) is 2. The van der Waals surface area contributed by atoms with E-state index < -0.39 is 0 Å². The van der Waals surface area contributed by atoms with Crippen LogP contribution in [0.2, 0.25) is 5.02 Å². The summed E-state index contributed by atoms with van der Waals surface area (Å²) >= 11 is 9.58. The summed E-state index contributed by atoms with van der Waals surface area (Å²) in [6, 6.07) is 12.9. The zero-order valence-electron chi connectivity index (χ0n) is 14.8. The fourth-order valence-corrected chi connectivity index (χ4v) is 3.45. The number of benzene rings is 2. The fraction of sp³-hybridized carbons (Fsp3) is 0.0952. The largest absolute Gasteiger partial charge is 0.457 e. The van der Waals surface area contributed by atoms with Crippen LogP contribution in [0.4, 0.5) is 11.4 Å². The highest BCUT2D eigenvalue weighted by Gasteiger charge is 2.09. The van der Waals surface area contributed by atoms with E-state index in [0.717, 1.165) is 21.2 Å². The Labute approximate surface area is 171 Å². The maximum Gasteiger partial charge on any atom is 0.248 e. The minimum Gasteiger partial charge on any atom is -0.457 e. The number of rotatable bonds is 4. The van der Waals surface area contributed by atoms with Crippen molar-refractivity contribution in [2.75, 3.05) is 11.1 Å². The number of nitrogens with two attached hydrogens (primary N) is 1. The van der Waals surface area contributed by atoms with Gasteiger partial charge >= 0.3 is 0 Å². The number of amides is 1. The Balaban J connectivity index is 1.72. The molecule has 0 spiro atoms. The van der Waals surface area contributed by atoms with Crippen molar-refractivity contribution in [1.82, 2.24) is 0 Å². The first-order chi connectivity index (χ1) is 12.8. The van der Waals surface area contributed by atoms with Gasteiger partial charge in [-0.15, -0.1) is 0 Å². The molecule has 0 fully saturated rings. The number of hydrogen-bond acceptors (Lipinski definition) is 3.